The second kappa shape index (κ2) is 9.80. The molecule has 0 aliphatic carbocycles. The van der Waals surface area contributed by atoms with E-state index in [2.05, 4.69) is 28.6 Å². The Bertz CT molecular complexity index is 1010. The smallest absolute Gasteiger partial charge is 0.192 e. The van der Waals surface area contributed by atoms with Crippen molar-refractivity contribution in [2.24, 2.45) is 0 Å². The molecule has 0 fully saturated rings. The molecule has 1 aromatic heterocycles. The Balaban J connectivity index is 1.89. The lowest BCUT2D eigenvalue weighted by molar-refractivity contribution is 0.101. The van der Waals surface area contributed by atoms with Crippen molar-refractivity contribution in [3.05, 3.63) is 53.6 Å². The zero-order valence-electron chi connectivity index (χ0n) is 18.0. The molecular formula is C23H27N3O3S. The fourth-order valence-corrected chi connectivity index (χ4v) is 4.17. The van der Waals surface area contributed by atoms with Gasteiger partial charge in [0.05, 0.1) is 13.7 Å². The summed E-state index contributed by atoms with van der Waals surface area (Å²) in [6.07, 6.45) is 0. The van der Waals surface area contributed by atoms with E-state index in [4.69, 9.17) is 9.47 Å². The Morgan fingerprint density at radius 3 is 2.47 bits per heavy atom. The van der Waals surface area contributed by atoms with Crippen LogP contribution in [0.3, 0.4) is 0 Å². The van der Waals surface area contributed by atoms with E-state index in [-0.39, 0.29) is 11.8 Å². The van der Waals surface area contributed by atoms with E-state index in [1.807, 2.05) is 43.3 Å². The van der Waals surface area contributed by atoms with E-state index < -0.39 is 0 Å². The normalized spacial score (nSPS) is 11.0. The van der Waals surface area contributed by atoms with Crippen molar-refractivity contribution >= 4 is 17.5 Å². The quantitative estimate of drug-likeness (QED) is 0.336. The van der Waals surface area contributed by atoms with Crippen LogP contribution in [0.1, 0.15) is 49.7 Å². The van der Waals surface area contributed by atoms with E-state index >= 15 is 0 Å². The van der Waals surface area contributed by atoms with Crippen LogP contribution in [0.15, 0.2) is 47.6 Å². The Morgan fingerprint density at radius 1 is 1.13 bits per heavy atom. The molecule has 0 aliphatic rings. The van der Waals surface area contributed by atoms with Gasteiger partial charge in [0, 0.05) is 28.5 Å². The molecule has 1 heterocycles. The fraction of sp³-hybridized carbons (Fsp3) is 0.348. The second-order valence-corrected chi connectivity index (χ2v) is 8.04. The van der Waals surface area contributed by atoms with Crippen LogP contribution >= 0.6 is 11.8 Å². The highest BCUT2D eigenvalue weighted by Crippen LogP contribution is 2.32. The van der Waals surface area contributed by atoms with Gasteiger partial charge in [-0.1, -0.05) is 11.8 Å². The van der Waals surface area contributed by atoms with Crippen LogP contribution < -0.4 is 9.47 Å². The third-order valence-corrected chi connectivity index (χ3v) is 5.64. The summed E-state index contributed by atoms with van der Waals surface area (Å²) in [7, 11) is 1.65. The number of ketones is 1. The number of hydrogen-bond donors (Lipinski definition) is 0. The summed E-state index contributed by atoms with van der Waals surface area (Å²) in [4.78, 5) is 11.8. The van der Waals surface area contributed by atoms with Crippen molar-refractivity contribution in [1.29, 1.82) is 0 Å². The van der Waals surface area contributed by atoms with Crippen LogP contribution in [0, 0.1) is 0 Å². The van der Waals surface area contributed by atoms with Gasteiger partial charge in [0.25, 0.3) is 0 Å². The van der Waals surface area contributed by atoms with Gasteiger partial charge < -0.3 is 9.47 Å². The lowest BCUT2D eigenvalue weighted by Crippen LogP contribution is -2.05. The van der Waals surface area contributed by atoms with E-state index in [1.54, 1.807) is 31.9 Å². The molecule has 3 rings (SSSR count). The number of Topliss-reactive ketones (excluding diaryl/α,β-unsaturated/α-hetero) is 1. The summed E-state index contributed by atoms with van der Waals surface area (Å²) >= 11 is 1.59. The van der Waals surface area contributed by atoms with Gasteiger partial charge in [0.15, 0.2) is 16.8 Å². The van der Waals surface area contributed by atoms with Gasteiger partial charge in [-0.2, -0.15) is 0 Å². The minimum absolute atomic E-state index is 0.0384. The average molecular weight is 426 g/mol. The van der Waals surface area contributed by atoms with Gasteiger partial charge in [-0.25, -0.2) is 0 Å². The maximum atomic E-state index is 11.8. The summed E-state index contributed by atoms with van der Waals surface area (Å²) in [6, 6.07) is 13.6. The van der Waals surface area contributed by atoms with Gasteiger partial charge in [-0.05, 0) is 70.2 Å². The first-order valence-corrected chi connectivity index (χ1v) is 10.9. The minimum atomic E-state index is 0.0384. The largest absolute Gasteiger partial charge is 0.497 e. The van der Waals surface area contributed by atoms with Gasteiger partial charge in [0.2, 0.25) is 0 Å². The first kappa shape index (κ1) is 21.9. The van der Waals surface area contributed by atoms with E-state index in [0.29, 0.717) is 17.9 Å². The molecule has 3 aromatic rings. The number of carbonyl (C=O) groups is 1. The number of benzene rings is 2. The Morgan fingerprint density at radius 2 is 1.87 bits per heavy atom. The summed E-state index contributed by atoms with van der Waals surface area (Å²) < 4.78 is 13.1. The third-order valence-electron chi connectivity index (χ3n) is 4.65. The molecule has 30 heavy (non-hydrogen) atoms. The van der Waals surface area contributed by atoms with Gasteiger partial charge in [-0.3, -0.25) is 9.36 Å². The summed E-state index contributed by atoms with van der Waals surface area (Å²) in [5.41, 5.74) is 2.63. The highest BCUT2D eigenvalue weighted by molar-refractivity contribution is 7.98. The number of nitrogens with zero attached hydrogens (tertiary/aromatic N) is 3. The number of methoxy groups -OCH3 is 1. The Labute approximate surface area is 181 Å². The molecule has 2 aromatic carbocycles. The number of rotatable bonds is 9. The van der Waals surface area contributed by atoms with Crippen molar-refractivity contribution in [2.75, 3.05) is 13.7 Å². The molecule has 0 saturated carbocycles. The number of aromatic nitrogens is 3. The SMILES string of the molecule is CCOc1ccc(C(C)=O)cc1CSc1nnc(-c2ccc(OC)cc2)n1C(C)C. The third kappa shape index (κ3) is 4.84. The van der Waals surface area contributed by atoms with E-state index in [1.165, 1.54) is 0 Å². The molecule has 6 nitrogen and oxygen atoms in total. The van der Waals surface area contributed by atoms with Crippen molar-refractivity contribution in [3.63, 3.8) is 0 Å². The molecule has 158 valence electrons. The monoisotopic (exact) mass is 425 g/mol. The van der Waals surface area contributed by atoms with Crippen molar-refractivity contribution in [2.45, 2.75) is 44.6 Å². The Kier molecular flexibility index (Phi) is 7.15. The second-order valence-electron chi connectivity index (χ2n) is 7.10. The topological polar surface area (TPSA) is 66.2 Å². The van der Waals surface area contributed by atoms with Crippen molar-refractivity contribution in [3.8, 4) is 22.9 Å². The molecule has 0 amide bonds. The van der Waals surface area contributed by atoms with E-state index in [9.17, 15) is 4.79 Å². The van der Waals surface area contributed by atoms with Crippen LogP contribution in [0.5, 0.6) is 11.5 Å². The number of hydrogen-bond acceptors (Lipinski definition) is 6. The number of carbonyl (C=O) groups excluding carboxylic acids is 1. The average Bonchev–Trinajstić information content (AvgIpc) is 3.17. The molecule has 7 heteroatoms. The zero-order chi connectivity index (χ0) is 21.7. The fourth-order valence-electron chi connectivity index (χ4n) is 3.13. The molecule has 0 saturated heterocycles. The molecule has 0 bridgehead atoms. The predicted octanol–water partition coefficient (Wildman–Crippen LogP) is 5.43. The van der Waals surface area contributed by atoms with Crippen LogP contribution in [-0.4, -0.2) is 34.3 Å². The van der Waals surface area contributed by atoms with Gasteiger partial charge >= 0.3 is 0 Å². The van der Waals surface area contributed by atoms with Gasteiger partial charge in [-0.15, -0.1) is 10.2 Å². The molecule has 0 radical (unpaired) electrons. The number of thioether (sulfide) groups is 1. The Hall–Kier alpha value is -2.80. The zero-order valence-corrected chi connectivity index (χ0v) is 18.8. The van der Waals surface area contributed by atoms with Crippen LogP contribution in [-0.2, 0) is 5.75 Å². The highest BCUT2D eigenvalue weighted by atomic mass is 32.2. The lowest BCUT2D eigenvalue weighted by atomic mass is 10.1. The van der Waals surface area contributed by atoms with Crippen LogP contribution in [0.25, 0.3) is 11.4 Å². The molecule has 0 spiro atoms. The summed E-state index contributed by atoms with van der Waals surface area (Å²) in [5, 5.41) is 9.71. The maximum absolute atomic E-state index is 11.8. The first-order valence-electron chi connectivity index (χ1n) is 9.93. The standard InChI is InChI=1S/C23H27N3O3S/c1-6-29-21-12-9-18(16(4)27)13-19(21)14-30-23-25-24-22(26(23)15(2)3)17-7-10-20(28-5)11-8-17/h7-13,15H,6,14H2,1-5H3. The van der Waals surface area contributed by atoms with Crippen LogP contribution in [0.2, 0.25) is 0 Å². The summed E-state index contributed by atoms with van der Waals surface area (Å²) in [6.45, 7) is 8.32. The summed E-state index contributed by atoms with van der Waals surface area (Å²) in [5.74, 6) is 3.08. The number of ether oxygens (including phenoxy) is 2. The maximum Gasteiger partial charge on any atom is 0.192 e. The molecule has 0 N–H and O–H groups in total. The minimum Gasteiger partial charge on any atom is -0.497 e. The van der Waals surface area contributed by atoms with Crippen molar-refractivity contribution < 1.29 is 14.3 Å². The highest BCUT2D eigenvalue weighted by Gasteiger charge is 2.18. The molecule has 0 atom stereocenters. The molecule has 0 aliphatic heterocycles. The molecular weight excluding hydrogens is 398 g/mol. The van der Waals surface area contributed by atoms with Crippen molar-refractivity contribution in [1.82, 2.24) is 14.8 Å². The van der Waals surface area contributed by atoms with Gasteiger partial charge in [0.1, 0.15) is 11.5 Å². The predicted molar refractivity (Wildman–Crippen MR) is 120 cm³/mol. The van der Waals surface area contributed by atoms with E-state index in [0.717, 1.165) is 33.6 Å². The molecule has 0 unspecified atom stereocenters. The first-order chi connectivity index (χ1) is 14.4. The van der Waals surface area contributed by atoms with Crippen LogP contribution in [0.4, 0.5) is 0 Å². The lowest BCUT2D eigenvalue weighted by Gasteiger charge is -2.15.